The molecule has 1 atom stereocenters. The molecule has 3 nitrogen and oxygen atoms in total. The molecule has 0 aromatic heterocycles. The molecule has 0 bridgehead atoms. The van der Waals surface area contributed by atoms with E-state index in [2.05, 4.69) is 0 Å². The third-order valence-corrected chi connectivity index (χ3v) is 3.21. The first-order chi connectivity index (χ1) is 8.24. The second-order valence-corrected chi connectivity index (χ2v) is 4.34. The van der Waals surface area contributed by atoms with Gasteiger partial charge in [-0.15, -0.1) is 0 Å². The molecule has 0 N–H and O–H groups in total. The summed E-state index contributed by atoms with van der Waals surface area (Å²) in [6, 6.07) is 5.67. The Balaban J connectivity index is 2.14. The molecule has 3 heteroatoms. The third kappa shape index (κ3) is 2.54. The highest BCUT2D eigenvalue weighted by Gasteiger charge is 2.25. The molecule has 0 saturated carbocycles. The summed E-state index contributed by atoms with van der Waals surface area (Å²) in [5.74, 6) is -0.123. The van der Waals surface area contributed by atoms with Gasteiger partial charge in [-0.05, 0) is 43.4 Å². The van der Waals surface area contributed by atoms with Crippen molar-refractivity contribution in [1.29, 1.82) is 0 Å². The Morgan fingerprint density at radius 2 is 2.29 bits per heavy atom. The molecular formula is C14H16O3. The molecule has 0 amide bonds. The van der Waals surface area contributed by atoms with Gasteiger partial charge in [0.1, 0.15) is 6.29 Å². The number of rotatable bonds is 3. The summed E-state index contributed by atoms with van der Waals surface area (Å²) < 4.78 is 5.05. The molecular weight excluding hydrogens is 216 g/mol. The Kier molecular flexibility index (Phi) is 3.57. The lowest BCUT2D eigenvalue weighted by Crippen LogP contribution is -2.24. The number of benzene rings is 1. The maximum Gasteiger partial charge on any atom is 0.309 e. The molecule has 0 saturated heterocycles. The molecule has 0 unspecified atom stereocenters. The van der Waals surface area contributed by atoms with Gasteiger partial charge in [0, 0.05) is 5.56 Å². The van der Waals surface area contributed by atoms with Crippen molar-refractivity contribution in [3.63, 3.8) is 0 Å². The first-order valence-corrected chi connectivity index (χ1v) is 5.98. The highest BCUT2D eigenvalue weighted by atomic mass is 16.5. The molecule has 17 heavy (non-hydrogen) atoms. The van der Waals surface area contributed by atoms with Gasteiger partial charge < -0.3 is 4.74 Å². The summed E-state index contributed by atoms with van der Waals surface area (Å²) in [6.07, 6.45) is 3.25. The van der Waals surface area contributed by atoms with Crippen LogP contribution in [0.5, 0.6) is 0 Å². The minimum Gasteiger partial charge on any atom is -0.466 e. The van der Waals surface area contributed by atoms with Crippen molar-refractivity contribution >= 4 is 12.3 Å². The van der Waals surface area contributed by atoms with E-state index < -0.39 is 0 Å². The van der Waals surface area contributed by atoms with Crippen molar-refractivity contribution in [1.82, 2.24) is 0 Å². The SMILES string of the molecule is CCOC(=O)[C@@H]1CCc2cc(C=O)ccc2C1. The van der Waals surface area contributed by atoms with E-state index in [9.17, 15) is 9.59 Å². The summed E-state index contributed by atoms with van der Waals surface area (Å²) in [7, 11) is 0. The van der Waals surface area contributed by atoms with Gasteiger partial charge in [-0.3, -0.25) is 9.59 Å². The van der Waals surface area contributed by atoms with Crippen molar-refractivity contribution in [2.24, 2.45) is 5.92 Å². The van der Waals surface area contributed by atoms with Crippen LogP contribution in [0.15, 0.2) is 18.2 Å². The van der Waals surface area contributed by atoms with Crippen molar-refractivity contribution in [3.05, 3.63) is 34.9 Å². The van der Waals surface area contributed by atoms with Crippen LogP contribution in [-0.2, 0) is 22.4 Å². The van der Waals surface area contributed by atoms with Gasteiger partial charge in [-0.25, -0.2) is 0 Å². The average molecular weight is 232 g/mol. The van der Waals surface area contributed by atoms with Crippen molar-refractivity contribution in [2.75, 3.05) is 6.61 Å². The van der Waals surface area contributed by atoms with Gasteiger partial charge in [0.15, 0.2) is 0 Å². The monoisotopic (exact) mass is 232 g/mol. The zero-order valence-electron chi connectivity index (χ0n) is 9.94. The first kappa shape index (κ1) is 11.8. The molecule has 90 valence electrons. The fourth-order valence-electron chi connectivity index (χ4n) is 2.31. The predicted molar refractivity (Wildman–Crippen MR) is 64.0 cm³/mol. The van der Waals surface area contributed by atoms with Crippen LogP contribution < -0.4 is 0 Å². The number of hydrogen-bond acceptors (Lipinski definition) is 3. The summed E-state index contributed by atoms with van der Waals surface area (Å²) in [4.78, 5) is 22.3. The number of esters is 1. The number of aryl methyl sites for hydroxylation is 1. The van der Waals surface area contributed by atoms with Gasteiger partial charge in [0.2, 0.25) is 0 Å². The largest absolute Gasteiger partial charge is 0.466 e. The fraction of sp³-hybridized carbons (Fsp3) is 0.429. The Morgan fingerprint density at radius 1 is 1.47 bits per heavy atom. The molecule has 1 aliphatic carbocycles. The van der Waals surface area contributed by atoms with Crippen LogP contribution in [0.4, 0.5) is 0 Å². The normalized spacial score (nSPS) is 18.3. The summed E-state index contributed by atoms with van der Waals surface area (Å²) in [5.41, 5.74) is 3.06. The highest BCUT2D eigenvalue weighted by molar-refractivity contribution is 5.76. The van der Waals surface area contributed by atoms with E-state index in [1.165, 1.54) is 11.1 Å². The van der Waals surface area contributed by atoms with E-state index in [0.717, 1.165) is 25.5 Å². The number of hydrogen-bond donors (Lipinski definition) is 0. The zero-order chi connectivity index (χ0) is 12.3. The van der Waals surface area contributed by atoms with Crippen LogP contribution in [-0.4, -0.2) is 18.9 Å². The standard InChI is InChI=1S/C14H16O3/c1-2-17-14(16)13-6-5-11-7-10(9-15)3-4-12(11)8-13/h3-4,7,9,13H,2,5-6,8H2,1H3/t13-/m1/s1. The quantitative estimate of drug-likeness (QED) is 0.592. The van der Waals surface area contributed by atoms with Gasteiger partial charge in [-0.2, -0.15) is 0 Å². The molecule has 2 rings (SSSR count). The van der Waals surface area contributed by atoms with Crippen LogP contribution >= 0.6 is 0 Å². The van der Waals surface area contributed by atoms with Gasteiger partial charge in [-0.1, -0.05) is 12.1 Å². The van der Waals surface area contributed by atoms with Gasteiger partial charge >= 0.3 is 5.97 Å². The number of fused-ring (bicyclic) bond motifs is 1. The van der Waals surface area contributed by atoms with Crippen molar-refractivity contribution < 1.29 is 14.3 Å². The lowest BCUT2D eigenvalue weighted by molar-refractivity contribution is -0.148. The molecule has 0 fully saturated rings. The molecule has 0 spiro atoms. The van der Waals surface area contributed by atoms with Crippen LogP contribution in [0.25, 0.3) is 0 Å². The number of carbonyl (C=O) groups is 2. The maximum absolute atomic E-state index is 11.7. The Morgan fingerprint density at radius 3 is 3.00 bits per heavy atom. The molecule has 0 aliphatic heterocycles. The van der Waals surface area contributed by atoms with Gasteiger partial charge in [0.05, 0.1) is 12.5 Å². The first-order valence-electron chi connectivity index (χ1n) is 5.98. The lowest BCUT2D eigenvalue weighted by atomic mass is 9.83. The Labute approximate surface area is 101 Å². The van der Waals surface area contributed by atoms with Crippen LogP contribution in [0.1, 0.15) is 34.8 Å². The number of aldehydes is 1. The third-order valence-electron chi connectivity index (χ3n) is 3.21. The van der Waals surface area contributed by atoms with Crippen molar-refractivity contribution in [3.8, 4) is 0 Å². The molecule has 1 aromatic rings. The van der Waals surface area contributed by atoms with Crippen molar-refractivity contribution in [2.45, 2.75) is 26.2 Å². The minimum atomic E-state index is -0.0994. The second kappa shape index (κ2) is 5.13. The molecule has 0 heterocycles. The smallest absolute Gasteiger partial charge is 0.309 e. The number of carbonyl (C=O) groups excluding carboxylic acids is 2. The summed E-state index contributed by atoms with van der Waals surface area (Å²) in [5, 5.41) is 0. The molecule has 1 aromatic carbocycles. The van der Waals surface area contributed by atoms with E-state index in [1.54, 1.807) is 6.07 Å². The van der Waals surface area contributed by atoms with Crippen LogP contribution in [0.2, 0.25) is 0 Å². The topological polar surface area (TPSA) is 43.4 Å². The lowest BCUT2D eigenvalue weighted by Gasteiger charge is -2.23. The maximum atomic E-state index is 11.7. The highest BCUT2D eigenvalue weighted by Crippen LogP contribution is 2.27. The average Bonchev–Trinajstić information content (AvgIpc) is 2.37. The summed E-state index contributed by atoms with van der Waals surface area (Å²) in [6.45, 7) is 2.26. The van der Waals surface area contributed by atoms with Crippen LogP contribution in [0.3, 0.4) is 0 Å². The van der Waals surface area contributed by atoms with Crippen LogP contribution in [0, 0.1) is 5.92 Å². The molecule has 0 radical (unpaired) electrons. The Hall–Kier alpha value is -1.64. The van der Waals surface area contributed by atoms with E-state index in [0.29, 0.717) is 12.2 Å². The number of ether oxygens (including phenoxy) is 1. The second-order valence-electron chi connectivity index (χ2n) is 4.34. The van der Waals surface area contributed by atoms with E-state index in [-0.39, 0.29) is 11.9 Å². The van der Waals surface area contributed by atoms with Gasteiger partial charge in [0.25, 0.3) is 0 Å². The predicted octanol–water partition coefficient (Wildman–Crippen LogP) is 2.17. The van der Waals surface area contributed by atoms with E-state index >= 15 is 0 Å². The fourth-order valence-corrected chi connectivity index (χ4v) is 2.31. The molecule has 1 aliphatic rings. The Bertz CT molecular complexity index is 437. The van der Waals surface area contributed by atoms with E-state index in [1.807, 2.05) is 19.1 Å². The zero-order valence-corrected chi connectivity index (χ0v) is 9.94. The minimum absolute atomic E-state index is 0.0236. The summed E-state index contributed by atoms with van der Waals surface area (Å²) >= 11 is 0. The van der Waals surface area contributed by atoms with E-state index in [4.69, 9.17) is 4.74 Å².